The normalized spacial score (nSPS) is 17.9. The molecule has 10 heteroatoms. The Bertz CT molecular complexity index is 1220. The minimum Gasteiger partial charge on any atom is -0.393 e. The first-order chi connectivity index (χ1) is 16.4. The Balaban J connectivity index is 0.000000398. The molecule has 1 aliphatic heterocycles. The second kappa shape index (κ2) is 11.4. The van der Waals surface area contributed by atoms with Crippen molar-refractivity contribution in [2.75, 3.05) is 18.4 Å². The van der Waals surface area contributed by atoms with Crippen LogP contribution in [-0.2, 0) is 11.0 Å². The predicted molar refractivity (Wildman–Crippen MR) is 136 cm³/mol. The van der Waals surface area contributed by atoms with Gasteiger partial charge in [0.2, 0.25) is 5.95 Å². The third-order valence-corrected chi connectivity index (χ3v) is 7.84. The van der Waals surface area contributed by atoms with Gasteiger partial charge in [-0.2, -0.15) is 4.98 Å². The van der Waals surface area contributed by atoms with E-state index in [1.807, 2.05) is 29.4 Å². The van der Waals surface area contributed by atoms with Gasteiger partial charge in [0, 0.05) is 30.4 Å². The fraction of sp³-hybridized carbons (Fsp3) is 0.458. The largest absolute Gasteiger partial charge is 0.393 e. The van der Waals surface area contributed by atoms with Gasteiger partial charge in [-0.15, -0.1) is 0 Å². The van der Waals surface area contributed by atoms with Gasteiger partial charge >= 0.3 is 0 Å². The summed E-state index contributed by atoms with van der Waals surface area (Å²) in [6.07, 6.45) is 9.60. The summed E-state index contributed by atoms with van der Waals surface area (Å²) in [6, 6.07) is 7.21. The van der Waals surface area contributed by atoms with Crippen LogP contribution in [0.2, 0.25) is 5.02 Å². The van der Waals surface area contributed by atoms with E-state index in [-0.39, 0.29) is 16.7 Å². The molecule has 182 valence electrons. The third kappa shape index (κ3) is 6.21. The fourth-order valence-corrected chi connectivity index (χ4v) is 5.63. The third-order valence-electron chi connectivity index (χ3n) is 6.07. The van der Waals surface area contributed by atoms with Crippen molar-refractivity contribution in [2.45, 2.75) is 62.9 Å². The van der Waals surface area contributed by atoms with Gasteiger partial charge < -0.3 is 15.4 Å². The summed E-state index contributed by atoms with van der Waals surface area (Å²) < 4.78 is 14.8. The Morgan fingerprint density at radius 1 is 1.15 bits per heavy atom. The summed E-state index contributed by atoms with van der Waals surface area (Å²) in [6.45, 7) is 3.69. The minimum absolute atomic E-state index is 0.0463. The van der Waals surface area contributed by atoms with Crippen LogP contribution >= 0.6 is 11.6 Å². The maximum absolute atomic E-state index is 12.8. The monoisotopic (exact) mass is 503 g/mol. The van der Waals surface area contributed by atoms with Crippen LogP contribution in [0.25, 0.3) is 11.0 Å². The van der Waals surface area contributed by atoms with E-state index < -0.39 is 11.0 Å². The lowest BCUT2D eigenvalue weighted by Crippen LogP contribution is -2.31. The molecule has 0 spiro atoms. The number of piperidine rings is 1. The van der Waals surface area contributed by atoms with E-state index in [4.69, 9.17) is 16.7 Å². The lowest BCUT2D eigenvalue weighted by atomic mass is 10.2. The van der Waals surface area contributed by atoms with Crippen molar-refractivity contribution >= 4 is 45.3 Å². The first kappa shape index (κ1) is 24.8. The van der Waals surface area contributed by atoms with Crippen molar-refractivity contribution in [3.05, 3.63) is 51.4 Å². The number of nitrogens with one attached hydrogen (secondary N) is 2. The molecule has 3 heterocycles. The van der Waals surface area contributed by atoms with Gasteiger partial charge in [0.15, 0.2) is 0 Å². The van der Waals surface area contributed by atoms with E-state index in [0.717, 1.165) is 54.9 Å². The summed E-state index contributed by atoms with van der Waals surface area (Å²) in [5, 5.41) is 12.6. The maximum atomic E-state index is 12.8. The molecule has 1 aromatic carbocycles. The van der Waals surface area contributed by atoms with Crippen molar-refractivity contribution < 1.29 is 9.32 Å². The van der Waals surface area contributed by atoms with Crippen molar-refractivity contribution in [1.82, 2.24) is 19.3 Å². The quantitative estimate of drug-likeness (QED) is 0.485. The number of benzene rings is 1. The number of halogens is 1. The van der Waals surface area contributed by atoms with Crippen LogP contribution in [0.1, 0.15) is 50.5 Å². The number of aromatic nitrogens is 3. The van der Waals surface area contributed by atoms with Crippen molar-refractivity contribution in [3.63, 3.8) is 0 Å². The summed E-state index contributed by atoms with van der Waals surface area (Å²) in [4.78, 5) is 23.7. The van der Waals surface area contributed by atoms with Crippen LogP contribution in [0.3, 0.4) is 0 Å². The van der Waals surface area contributed by atoms with Gasteiger partial charge in [-0.3, -0.25) is 4.79 Å². The number of aromatic amines is 1. The standard InChI is InChI=1S/C19H20ClN5O2S.C5H10O/c1-12-9-14(28(27)25-7-3-2-4-8-25)5-6-16(12)22-19-21-11-13-10-15(20)18(26)23-17(13)24-19;6-5-3-1-2-4-5/h5-6,9-11H,2-4,7-8H2,1H3,(H2,21,22,23,24,26);5-6H,1-4H2. The minimum atomic E-state index is -1.14. The molecule has 1 unspecified atom stereocenters. The number of anilines is 2. The zero-order chi connectivity index (χ0) is 24.1. The molecule has 0 amide bonds. The molecule has 1 saturated carbocycles. The number of aliphatic hydroxyl groups is 1. The van der Waals surface area contributed by atoms with Crippen LogP contribution in [0, 0.1) is 6.92 Å². The molecule has 2 fully saturated rings. The lowest BCUT2D eigenvalue weighted by molar-refractivity contribution is 0.183. The molecule has 1 saturated heterocycles. The average Bonchev–Trinajstić information content (AvgIpc) is 3.32. The molecule has 1 aliphatic carbocycles. The number of hydrogen-bond acceptors (Lipinski definition) is 6. The Kier molecular flexibility index (Phi) is 8.31. The van der Waals surface area contributed by atoms with Crippen molar-refractivity contribution in [2.24, 2.45) is 0 Å². The maximum Gasteiger partial charge on any atom is 0.268 e. The highest BCUT2D eigenvalue weighted by Crippen LogP contribution is 2.24. The van der Waals surface area contributed by atoms with E-state index in [1.54, 1.807) is 6.20 Å². The highest BCUT2D eigenvalue weighted by molar-refractivity contribution is 7.82. The van der Waals surface area contributed by atoms with E-state index in [0.29, 0.717) is 17.0 Å². The Hall–Kier alpha value is -2.33. The molecule has 0 radical (unpaired) electrons. The number of nitrogens with zero attached hydrogens (tertiary/aromatic N) is 3. The number of aliphatic hydroxyl groups excluding tert-OH is 1. The van der Waals surface area contributed by atoms with Crippen LogP contribution in [0.15, 0.2) is 40.2 Å². The molecule has 8 nitrogen and oxygen atoms in total. The van der Waals surface area contributed by atoms with Gasteiger partial charge in [-0.1, -0.05) is 30.9 Å². The zero-order valence-electron chi connectivity index (χ0n) is 19.2. The summed E-state index contributed by atoms with van der Waals surface area (Å²) >= 11 is 5.83. The van der Waals surface area contributed by atoms with Crippen LogP contribution in [0.5, 0.6) is 0 Å². The van der Waals surface area contributed by atoms with E-state index in [9.17, 15) is 9.00 Å². The SMILES string of the molecule is Cc1cc(S(=O)N2CCCCC2)ccc1Nc1ncc2cc(Cl)c(=O)[nH]c2n1.OC1CCCC1. The van der Waals surface area contributed by atoms with Crippen LogP contribution in [0.4, 0.5) is 11.6 Å². The van der Waals surface area contributed by atoms with Crippen LogP contribution < -0.4 is 10.9 Å². The Labute approximate surface area is 206 Å². The molecule has 3 N–H and O–H groups in total. The van der Waals surface area contributed by atoms with Crippen molar-refractivity contribution in [1.29, 1.82) is 0 Å². The Morgan fingerprint density at radius 3 is 2.53 bits per heavy atom. The lowest BCUT2D eigenvalue weighted by Gasteiger charge is -2.25. The topological polar surface area (TPSA) is 111 Å². The van der Waals surface area contributed by atoms with Gasteiger partial charge in [0.1, 0.15) is 21.7 Å². The fourth-order valence-electron chi connectivity index (χ4n) is 4.12. The van der Waals surface area contributed by atoms with E-state index in [1.165, 1.54) is 25.3 Å². The molecular formula is C24H30ClN5O3S. The first-order valence-electron chi connectivity index (χ1n) is 11.7. The summed E-state index contributed by atoms with van der Waals surface area (Å²) in [7, 11) is -1.14. The Morgan fingerprint density at radius 2 is 1.88 bits per heavy atom. The smallest absolute Gasteiger partial charge is 0.268 e. The molecular weight excluding hydrogens is 474 g/mol. The molecule has 1 atom stereocenters. The number of pyridine rings is 1. The van der Waals surface area contributed by atoms with Gasteiger partial charge in [0.25, 0.3) is 5.56 Å². The zero-order valence-corrected chi connectivity index (χ0v) is 20.8. The number of hydrogen-bond donors (Lipinski definition) is 3. The van der Waals surface area contributed by atoms with Gasteiger partial charge in [0.05, 0.1) is 11.0 Å². The number of fused-ring (bicyclic) bond motifs is 1. The van der Waals surface area contributed by atoms with Crippen LogP contribution in [-0.4, -0.2) is 47.8 Å². The molecule has 34 heavy (non-hydrogen) atoms. The highest BCUT2D eigenvalue weighted by atomic mass is 35.5. The number of H-pyrrole nitrogens is 1. The number of rotatable bonds is 4. The highest BCUT2D eigenvalue weighted by Gasteiger charge is 2.18. The summed E-state index contributed by atoms with van der Waals surface area (Å²) in [5.41, 5.74) is 1.78. The van der Waals surface area contributed by atoms with Gasteiger partial charge in [-0.05, 0) is 62.4 Å². The molecule has 0 bridgehead atoms. The summed E-state index contributed by atoms with van der Waals surface area (Å²) in [5.74, 6) is 0.360. The van der Waals surface area contributed by atoms with Crippen molar-refractivity contribution in [3.8, 4) is 0 Å². The first-order valence-corrected chi connectivity index (χ1v) is 13.2. The second-order valence-electron chi connectivity index (χ2n) is 8.72. The van der Waals surface area contributed by atoms with E-state index >= 15 is 0 Å². The molecule has 2 aromatic heterocycles. The number of aryl methyl sites for hydroxylation is 1. The molecule has 2 aliphatic rings. The predicted octanol–water partition coefficient (Wildman–Crippen LogP) is 4.45. The molecule has 5 rings (SSSR count). The second-order valence-corrected chi connectivity index (χ2v) is 10.6. The average molecular weight is 504 g/mol. The van der Waals surface area contributed by atoms with E-state index in [2.05, 4.69) is 20.3 Å². The molecule has 3 aromatic rings. The van der Waals surface area contributed by atoms with Gasteiger partial charge in [-0.25, -0.2) is 13.5 Å².